The van der Waals surface area contributed by atoms with Crippen LogP contribution in [0, 0.1) is 6.92 Å². The van der Waals surface area contributed by atoms with Crippen LogP contribution < -0.4 is 9.46 Å². The van der Waals surface area contributed by atoms with Gasteiger partial charge in [-0.3, -0.25) is 4.72 Å². The van der Waals surface area contributed by atoms with Crippen LogP contribution in [0.5, 0.6) is 6.01 Å². The van der Waals surface area contributed by atoms with Gasteiger partial charge in [0.2, 0.25) is 0 Å². The second-order valence-electron chi connectivity index (χ2n) is 4.94. The summed E-state index contributed by atoms with van der Waals surface area (Å²) >= 11 is 1.16. The number of nitrogens with one attached hydrogen (secondary N) is 1. The number of thioether (sulfide) groups is 1. The minimum atomic E-state index is -3.70. The molecule has 2 aromatic rings. The van der Waals surface area contributed by atoms with Crippen molar-refractivity contribution in [3.63, 3.8) is 0 Å². The molecule has 0 saturated carbocycles. The molecular formula is C16H19N3O3S2. The van der Waals surface area contributed by atoms with Crippen LogP contribution in [-0.2, 0) is 10.0 Å². The van der Waals surface area contributed by atoms with E-state index in [0.29, 0.717) is 22.5 Å². The number of hydrogen-bond acceptors (Lipinski definition) is 6. The summed E-state index contributed by atoms with van der Waals surface area (Å²) in [4.78, 5) is 8.27. The van der Waals surface area contributed by atoms with Gasteiger partial charge in [0, 0.05) is 17.4 Å². The molecule has 128 valence electrons. The zero-order valence-electron chi connectivity index (χ0n) is 13.9. The highest BCUT2D eigenvalue weighted by Crippen LogP contribution is 2.31. The van der Waals surface area contributed by atoms with Crippen LogP contribution in [0.25, 0.3) is 5.57 Å². The summed E-state index contributed by atoms with van der Waals surface area (Å²) in [6.07, 6.45) is 3.30. The standard InChI is InChI=1S/C16H19N3O3S2/c1-11(14-10-17-16(22-3)18-12(14)2)15(23-4)24(20,21)19-13-8-6-5-7-9-13/h5-10,19H,1-4H3/b15-11+. The van der Waals surface area contributed by atoms with Crippen LogP contribution in [0.4, 0.5) is 5.69 Å². The van der Waals surface area contributed by atoms with Gasteiger partial charge >= 0.3 is 6.01 Å². The van der Waals surface area contributed by atoms with Gasteiger partial charge in [0.05, 0.1) is 12.8 Å². The van der Waals surface area contributed by atoms with Crippen molar-refractivity contribution in [2.45, 2.75) is 13.8 Å². The predicted molar refractivity (Wildman–Crippen MR) is 98.4 cm³/mol. The Morgan fingerprint density at radius 1 is 1.25 bits per heavy atom. The number of allylic oxidation sites excluding steroid dienone is 1. The second kappa shape index (κ2) is 7.67. The lowest BCUT2D eigenvalue weighted by atomic mass is 10.1. The molecule has 2 rings (SSSR count). The zero-order valence-corrected chi connectivity index (χ0v) is 15.5. The van der Waals surface area contributed by atoms with Gasteiger partial charge in [-0.05, 0) is 37.8 Å². The summed E-state index contributed by atoms with van der Waals surface area (Å²) in [6, 6.07) is 9.02. The van der Waals surface area contributed by atoms with Crippen LogP contribution in [0.2, 0.25) is 0 Å². The molecule has 0 bridgehead atoms. The molecule has 1 heterocycles. The number of aryl methyl sites for hydroxylation is 1. The van der Waals surface area contributed by atoms with Crippen molar-refractivity contribution in [2.24, 2.45) is 0 Å². The Kier molecular flexibility index (Phi) is 5.84. The van der Waals surface area contributed by atoms with Crippen molar-refractivity contribution in [3.05, 3.63) is 52.0 Å². The van der Waals surface area contributed by atoms with E-state index in [1.165, 1.54) is 7.11 Å². The highest BCUT2D eigenvalue weighted by Gasteiger charge is 2.22. The minimum Gasteiger partial charge on any atom is -0.467 e. The van der Waals surface area contributed by atoms with Crippen molar-refractivity contribution >= 4 is 33.0 Å². The lowest BCUT2D eigenvalue weighted by molar-refractivity contribution is 0.378. The summed E-state index contributed by atoms with van der Waals surface area (Å²) in [5, 5.41) is 0. The van der Waals surface area contributed by atoms with Crippen molar-refractivity contribution in [1.82, 2.24) is 9.97 Å². The van der Waals surface area contributed by atoms with E-state index in [2.05, 4.69) is 14.7 Å². The average Bonchev–Trinajstić information content (AvgIpc) is 2.55. The third-order valence-electron chi connectivity index (χ3n) is 3.31. The molecule has 0 atom stereocenters. The summed E-state index contributed by atoms with van der Waals surface area (Å²) in [7, 11) is -2.21. The van der Waals surface area contributed by atoms with E-state index in [1.54, 1.807) is 50.6 Å². The smallest absolute Gasteiger partial charge is 0.316 e. The summed E-state index contributed by atoms with van der Waals surface area (Å²) in [5.74, 6) is 0. The molecule has 0 amide bonds. The molecule has 1 N–H and O–H groups in total. The van der Waals surface area contributed by atoms with Crippen LogP contribution in [0.15, 0.2) is 40.8 Å². The largest absolute Gasteiger partial charge is 0.467 e. The van der Waals surface area contributed by atoms with E-state index in [-0.39, 0.29) is 10.2 Å². The quantitative estimate of drug-likeness (QED) is 0.846. The lowest BCUT2D eigenvalue weighted by Crippen LogP contribution is -2.14. The Bertz CT molecular complexity index is 850. The molecule has 0 aliphatic heterocycles. The number of benzene rings is 1. The molecule has 0 saturated heterocycles. The molecular weight excluding hydrogens is 346 g/mol. The highest BCUT2D eigenvalue weighted by atomic mass is 32.3. The molecule has 0 spiro atoms. The Hall–Kier alpha value is -2.06. The molecule has 1 aromatic carbocycles. The number of para-hydroxylation sites is 1. The number of sulfonamides is 1. The molecule has 0 aliphatic carbocycles. The first-order chi connectivity index (χ1) is 11.4. The van der Waals surface area contributed by atoms with Gasteiger partial charge in [0.25, 0.3) is 10.0 Å². The van der Waals surface area contributed by atoms with Crippen LogP contribution >= 0.6 is 11.8 Å². The van der Waals surface area contributed by atoms with Gasteiger partial charge in [-0.1, -0.05) is 18.2 Å². The first kappa shape index (κ1) is 18.3. The molecule has 8 heteroatoms. The van der Waals surface area contributed by atoms with E-state index in [9.17, 15) is 8.42 Å². The summed E-state index contributed by atoms with van der Waals surface area (Å²) < 4.78 is 33.3. The Morgan fingerprint density at radius 3 is 2.46 bits per heavy atom. The average molecular weight is 365 g/mol. The SMILES string of the molecule is COc1ncc(/C(C)=C(\SC)S(=O)(=O)Nc2ccccc2)c(C)n1. The summed E-state index contributed by atoms with van der Waals surface area (Å²) in [6.45, 7) is 3.53. The number of hydrogen-bond donors (Lipinski definition) is 1. The van der Waals surface area contributed by atoms with Crippen molar-refractivity contribution < 1.29 is 13.2 Å². The van der Waals surface area contributed by atoms with E-state index in [0.717, 1.165) is 11.8 Å². The second-order valence-corrected chi connectivity index (χ2v) is 7.64. The Morgan fingerprint density at radius 2 is 1.92 bits per heavy atom. The fourth-order valence-electron chi connectivity index (χ4n) is 2.19. The van der Waals surface area contributed by atoms with Crippen molar-refractivity contribution in [2.75, 3.05) is 18.1 Å². The van der Waals surface area contributed by atoms with Gasteiger partial charge in [-0.15, -0.1) is 11.8 Å². The molecule has 0 fully saturated rings. The van der Waals surface area contributed by atoms with Crippen LogP contribution in [-0.4, -0.2) is 31.8 Å². The van der Waals surface area contributed by atoms with Gasteiger partial charge < -0.3 is 4.74 Å². The molecule has 0 radical (unpaired) electrons. The fourth-order valence-corrected chi connectivity index (χ4v) is 4.67. The van der Waals surface area contributed by atoms with Crippen LogP contribution in [0.3, 0.4) is 0 Å². The van der Waals surface area contributed by atoms with Gasteiger partial charge in [-0.2, -0.15) is 4.98 Å². The summed E-state index contributed by atoms with van der Waals surface area (Å²) in [5.41, 5.74) is 2.42. The number of anilines is 1. The normalized spacial score (nSPS) is 12.5. The Balaban J connectivity index is 2.46. The first-order valence-corrected chi connectivity index (χ1v) is 9.80. The monoisotopic (exact) mass is 365 g/mol. The Labute approximate surface area is 146 Å². The van der Waals surface area contributed by atoms with Crippen LogP contribution in [0.1, 0.15) is 18.2 Å². The fraction of sp³-hybridized carbons (Fsp3) is 0.250. The minimum absolute atomic E-state index is 0.225. The van der Waals surface area contributed by atoms with Crippen molar-refractivity contribution in [1.29, 1.82) is 0 Å². The molecule has 24 heavy (non-hydrogen) atoms. The maximum absolute atomic E-state index is 12.7. The topological polar surface area (TPSA) is 81.2 Å². The molecule has 0 aliphatic rings. The number of rotatable bonds is 6. The third-order valence-corrected chi connectivity index (χ3v) is 6.44. The lowest BCUT2D eigenvalue weighted by Gasteiger charge is -2.14. The maximum Gasteiger partial charge on any atom is 0.316 e. The molecule has 6 nitrogen and oxygen atoms in total. The van der Waals surface area contributed by atoms with Gasteiger partial charge in [-0.25, -0.2) is 13.4 Å². The first-order valence-electron chi connectivity index (χ1n) is 7.09. The van der Waals surface area contributed by atoms with E-state index >= 15 is 0 Å². The third kappa shape index (κ3) is 4.07. The van der Waals surface area contributed by atoms with E-state index in [4.69, 9.17) is 4.74 Å². The molecule has 0 unspecified atom stereocenters. The van der Waals surface area contributed by atoms with Gasteiger partial charge in [0.1, 0.15) is 4.24 Å². The predicted octanol–water partition coefficient (Wildman–Crippen LogP) is 3.29. The molecule has 1 aromatic heterocycles. The van der Waals surface area contributed by atoms with Crippen molar-refractivity contribution in [3.8, 4) is 6.01 Å². The highest BCUT2D eigenvalue weighted by molar-refractivity contribution is 8.19. The number of methoxy groups -OCH3 is 1. The van der Waals surface area contributed by atoms with Gasteiger partial charge in [0.15, 0.2) is 0 Å². The maximum atomic E-state index is 12.7. The number of aromatic nitrogens is 2. The number of nitrogens with zero attached hydrogens (tertiary/aromatic N) is 2. The number of ether oxygens (including phenoxy) is 1. The van der Waals surface area contributed by atoms with E-state index in [1.807, 2.05) is 6.07 Å². The van der Waals surface area contributed by atoms with E-state index < -0.39 is 10.0 Å². The zero-order chi connectivity index (χ0) is 17.7.